The lowest BCUT2D eigenvalue weighted by molar-refractivity contribution is -0.137. The van der Waals surface area contributed by atoms with E-state index in [9.17, 15) is 22.8 Å². The molecular weight excluding hydrogens is 441 g/mol. The second-order valence-corrected chi connectivity index (χ2v) is 8.46. The summed E-state index contributed by atoms with van der Waals surface area (Å²) >= 11 is 0. The Labute approximate surface area is 194 Å². The van der Waals surface area contributed by atoms with Crippen molar-refractivity contribution in [1.82, 2.24) is 0 Å². The molecule has 5 rings (SSSR count). The quantitative estimate of drug-likeness (QED) is 0.444. The van der Waals surface area contributed by atoms with E-state index < -0.39 is 23.7 Å². The van der Waals surface area contributed by atoms with E-state index >= 15 is 0 Å². The minimum absolute atomic E-state index is 0.00999. The van der Waals surface area contributed by atoms with Crippen LogP contribution in [0.4, 0.5) is 24.5 Å². The van der Waals surface area contributed by atoms with Crippen LogP contribution in [0.3, 0.4) is 0 Å². The van der Waals surface area contributed by atoms with Gasteiger partial charge in [0, 0.05) is 23.2 Å². The Morgan fingerprint density at radius 3 is 2.32 bits per heavy atom. The molecule has 3 aromatic rings. The van der Waals surface area contributed by atoms with Crippen LogP contribution in [0, 0.1) is 5.92 Å². The van der Waals surface area contributed by atoms with Crippen molar-refractivity contribution in [3.63, 3.8) is 0 Å². The van der Waals surface area contributed by atoms with Crippen LogP contribution in [0.15, 0.2) is 84.6 Å². The van der Waals surface area contributed by atoms with E-state index in [-0.39, 0.29) is 11.6 Å². The fraction of sp³-hybridized carbons (Fsp3) is 0.185. The summed E-state index contributed by atoms with van der Waals surface area (Å²) in [6.07, 6.45) is -1.54. The number of nitrogens with one attached hydrogen (secondary N) is 2. The molecule has 0 bridgehead atoms. The Kier molecular flexibility index (Phi) is 5.48. The van der Waals surface area contributed by atoms with Crippen molar-refractivity contribution in [2.75, 3.05) is 10.6 Å². The van der Waals surface area contributed by atoms with Gasteiger partial charge in [-0.05, 0) is 42.3 Å². The van der Waals surface area contributed by atoms with Gasteiger partial charge in [-0.25, -0.2) is 0 Å². The standard InChI is InChI=1S/C27H21F3N2O2/c28-27(29,30)19-12-9-16(10-13-19)25-24-21(7-4-8-23(24)33)31-22-15-18(11-14-20(22)32-25)26(34)17-5-2-1-3-6-17/h1-3,5-7,9-15,24-25,31-32H,4,8H2/t24-,25-/m1/s1. The molecule has 0 saturated heterocycles. The van der Waals surface area contributed by atoms with Crippen molar-refractivity contribution in [3.05, 3.63) is 107 Å². The first-order valence-electron chi connectivity index (χ1n) is 11.0. The van der Waals surface area contributed by atoms with Crippen LogP contribution in [-0.2, 0) is 11.0 Å². The Morgan fingerprint density at radius 2 is 1.62 bits per heavy atom. The smallest absolute Gasteiger partial charge is 0.375 e. The summed E-state index contributed by atoms with van der Waals surface area (Å²) in [5, 5.41) is 6.67. The molecule has 0 aromatic heterocycles. The third kappa shape index (κ3) is 4.09. The number of hydrogen-bond acceptors (Lipinski definition) is 4. The maximum Gasteiger partial charge on any atom is 0.416 e. The number of fused-ring (bicyclic) bond motifs is 2. The first-order valence-corrected chi connectivity index (χ1v) is 11.0. The Morgan fingerprint density at radius 1 is 0.882 bits per heavy atom. The molecule has 1 heterocycles. The number of benzene rings is 3. The molecule has 1 aliphatic heterocycles. The fourth-order valence-electron chi connectivity index (χ4n) is 4.55. The number of carbonyl (C=O) groups excluding carboxylic acids is 2. The van der Waals surface area contributed by atoms with Gasteiger partial charge in [0.1, 0.15) is 5.78 Å². The van der Waals surface area contributed by atoms with Crippen molar-refractivity contribution in [2.24, 2.45) is 5.92 Å². The van der Waals surface area contributed by atoms with Gasteiger partial charge in [0.2, 0.25) is 0 Å². The molecule has 34 heavy (non-hydrogen) atoms. The fourth-order valence-corrected chi connectivity index (χ4v) is 4.55. The topological polar surface area (TPSA) is 58.2 Å². The van der Waals surface area contributed by atoms with Gasteiger partial charge in [0.25, 0.3) is 0 Å². The Balaban J connectivity index is 1.54. The van der Waals surface area contributed by atoms with Crippen LogP contribution >= 0.6 is 0 Å². The predicted molar refractivity (Wildman–Crippen MR) is 124 cm³/mol. The van der Waals surface area contributed by atoms with E-state index in [0.717, 1.165) is 12.1 Å². The molecule has 172 valence electrons. The summed E-state index contributed by atoms with van der Waals surface area (Å²) in [5.41, 5.74) is 2.90. The van der Waals surface area contributed by atoms with Crippen LogP contribution in [0.5, 0.6) is 0 Å². The summed E-state index contributed by atoms with van der Waals surface area (Å²) in [5.74, 6) is -0.694. The van der Waals surface area contributed by atoms with Crippen LogP contribution < -0.4 is 10.6 Å². The van der Waals surface area contributed by atoms with Gasteiger partial charge in [-0.15, -0.1) is 0 Å². The number of allylic oxidation sites excluding steroid dienone is 1. The third-order valence-electron chi connectivity index (χ3n) is 6.28. The highest BCUT2D eigenvalue weighted by molar-refractivity contribution is 6.10. The normalized spacial score (nSPS) is 19.6. The number of anilines is 2. The number of hydrogen-bond donors (Lipinski definition) is 2. The average Bonchev–Trinajstić information content (AvgIpc) is 3.00. The minimum atomic E-state index is -4.43. The highest BCUT2D eigenvalue weighted by Gasteiger charge is 2.38. The number of Topliss-reactive ketones (excluding diaryl/α,β-unsaturated/α-hetero) is 1. The molecular formula is C27H21F3N2O2. The summed E-state index contributed by atoms with van der Waals surface area (Å²) in [4.78, 5) is 25.9. The van der Waals surface area contributed by atoms with Crippen molar-refractivity contribution < 1.29 is 22.8 Å². The lowest BCUT2D eigenvalue weighted by atomic mass is 9.82. The molecule has 0 unspecified atom stereocenters. The van der Waals surface area contributed by atoms with Gasteiger partial charge in [0.15, 0.2) is 5.78 Å². The van der Waals surface area contributed by atoms with Gasteiger partial charge in [-0.3, -0.25) is 9.59 Å². The molecule has 2 N–H and O–H groups in total. The molecule has 2 atom stereocenters. The Hall–Kier alpha value is -3.87. The molecule has 2 aliphatic rings. The highest BCUT2D eigenvalue weighted by Crippen LogP contribution is 2.42. The van der Waals surface area contributed by atoms with E-state index in [4.69, 9.17) is 0 Å². The van der Waals surface area contributed by atoms with E-state index in [1.54, 1.807) is 42.5 Å². The van der Waals surface area contributed by atoms with Crippen molar-refractivity contribution >= 4 is 22.9 Å². The Bertz CT molecular complexity index is 1280. The number of alkyl halides is 3. The summed E-state index contributed by atoms with van der Waals surface area (Å²) in [6, 6.07) is 18.5. The van der Waals surface area contributed by atoms with Crippen LogP contribution in [0.25, 0.3) is 0 Å². The average molecular weight is 462 g/mol. The zero-order valence-electron chi connectivity index (χ0n) is 18.0. The van der Waals surface area contributed by atoms with Gasteiger partial charge in [0.05, 0.1) is 28.9 Å². The summed E-state index contributed by atoms with van der Waals surface area (Å²) in [7, 11) is 0. The van der Waals surface area contributed by atoms with Gasteiger partial charge in [-0.1, -0.05) is 48.5 Å². The van der Waals surface area contributed by atoms with Gasteiger partial charge in [-0.2, -0.15) is 13.2 Å². The number of ketones is 2. The molecule has 7 heteroatoms. The minimum Gasteiger partial charge on any atom is -0.375 e. The first kappa shape index (κ1) is 21.9. The number of halogens is 3. The monoisotopic (exact) mass is 462 g/mol. The third-order valence-corrected chi connectivity index (χ3v) is 6.28. The largest absolute Gasteiger partial charge is 0.416 e. The number of rotatable bonds is 3. The van der Waals surface area contributed by atoms with Crippen molar-refractivity contribution in [1.29, 1.82) is 0 Å². The summed E-state index contributed by atoms with van der Waals surface area (Å²) in [6.45, 7) is 0. The van der Waals surface area contributed by atoms with Crippen LogP contribution in [-0.4, -0.2) is 11.6 Å². The summed E-state index contributed by atoms with van der Waals surface area (Å²) < 4.78 is 39.2. The van der Waals surface area contributed by atoms with Gasteiger partial charge < -0.3 is 10.6 Å². The van der Waals surface area contributed by atoms with Crippen molar-refractivity contribution in [2.45, 2.75) is 25.1 Å². The molecule has 0 radical (unpaired) electrons. The van der Waals surface area contributed by atoms with E-state index in [0.29, 0.717) is 46.6 Å². The molecule has 0 amide bonds. The SMILES string of the molecule is O=C(c1ccccc1)c1ccc2c(c1)NC1=CCCC(=O)[C@@H]1[C@@H](c1ccc(C(F)(F)F)cc1)N2. The molecule has 0 spiro atoms. The highest BCUT2D eigenvalue weighted by atomic mass is 19.4. The zero-order chi connectivity index (χ0) is 23.9. The first-order chi connectivity index (χ1) is 16.3. The molecule has 1 aliphatic carbocycles. The second kappa shape index (κ2) is 8.48. The lowest BCUT2D eigenvalue weighted by Gasteiger charge is -2.29. The predicted octanol–water partition coefficient (Wildman–Crippen LogP) is 6.38. The maximum absolute atomic E-state index is 13.1. The maximum atomic E-state index is 13.1. The lowest BCUT2D eigenvalue weighted by Crippen LogP contribution is -2.31. The molecule has 0 fully saturated rings. The van der Waals surface area contributed by atoms with Crippen LogP contribution in [0.2, 0.25) is 0 Å². The van der Waals surface area contributed by atoms with Crippen LogP contribution in [0.1, 0.15) is 45.9 Å². The molecule has 4 nitrogen and oxygen atoms in total. The van der Waals surface area contributed by atoms with E-state index in [1.807, 2.05) is 12.1 Å². The van der Waals surface area contributed by atoms with E-state index in [2.05, 4.69) is 10.6 Å². The zero-order valence-corrected chi connectivity index (χ0v) is 18.0. The second-order valence-electron chi connectivity index (χ2n) is 8.46. The van der Waals surface area contributed by atoms with Gasteiger partial charge >= 0.3 is 6.18 Å². The van der Waals surface area contributed by atoms with Crippen molar-refractivity contribution in [3.8, 4) is 0 Å². The molecule has 0 saturated carbocycles. The van der Waals surface area contributed by atoms with E-state index in [1.165, 1.54) is 12.1 Å². The number of carbonyl (C=O) groups is 2. The molecule has 3 aromatic carbocycles.